The van der Waals surface area contributed by atoms with Crippen LogP contribution in [0.3, 0.4) is 0 Å². The van der Waals surface area contributed by atoms with E-state index in [-0.39, 0.29) is 11.9 Å². The average molecular weight is 346 g/mol. The van der Waals surface area contributed by atoms with Gasteiger partial charge in [0.1, 0.15) is 0 Å². The first-order valence-corrected chi connectivity index (χ1v) is 9.00. The molecule has 1 aliphatic heterocycles. The van der Waals surface area contributed by atoms with E-state index in [0.29, 0.717) is 18.9 Å². The van der Waals surface area contributed by atoms with Gasteiger partial charge in [-0.2, -0.15) is 0 Å². The molecule has 0 saturated carbocycles. The van der Waals surface area contributed by atoms with Crippen molar-refractivity contribution < 1.29 is 9.53 Å². The summed E-state index contributed by atoms with van der Waals surface area (Å²) in [5.41, 5.74) is 0.946. The first-order chi connectivity index (χ1) is 12.1. The van der Waals surface area contributed by atoms with Crippen molar-refractivity contribution in [2.45, 2.75) is 32.7 Å². The number of hydrogen-bond donors (Lipinski definition) is 2. The van der Waals surface area contributed by atoms with Gasteiger partial charge in [0.05, 0.1) is 6.04 Å². The number of aliphatic imine (C=N–C) groups is 1. The summed E-state index contributed by atoms with van der Waals surface area (Å²) in [7, 11) is 1.75. The van der Waals surface area contributed by atoms with Crippen LogP contribution in [0.2, 0.25) is 0 Å². The predicted molar refractivity (Wildman–Crippen MR) is 102 cm³/mol. The summed E-state index contributed by atoms with van der Waals surface area (Å²) >= 11 is 0. The maximum Gasteiger partial charge on any atom is 0.229 e. The number of guanidine groups is 1. The summed E-state index contributed by atoms with van der Waals surface area (Å²) < 4.78 is 5.57. The molecule has 1 aromatic carbocycles. The van der Waals surface area contributed by atoms with E-state index in [1.54, 1.807) is 7.05 Å². The molecule has 2 rings (SSSR count). The zero-order valence-electron chi connectivity index (χ0n) is 15.5. The number of hydrogen-bond acceptors (Lipinski definition) is 3. The van der Waals surface area contributed by atoms with Crippen molar-refractivity contribution in [3.8, 4) is 0 Å². The maximum atomic E-state index is 12.3. The van der Waals surface area contributed by atoms with E-state index < -0.39 is 0 Å². The minimum absolute atomic E-state index is 0.0658. The molecule has 1 fully saturated rings. The average Bonchev–Trinajstić information content (AvgIpc) is 2.97. The first kappa shape index (κ1) is 19.2. The number of rotatable bonds is 8. The third-order valence-electron chi connectivity index (χ3n) is 3.97. The molecule has 0 aliphatic carbocycles. The summed E-state index contributed by atoms with van der Waals surface area (Å²) in [5, 5.41) is 6.62. The van der Waals surface area contributed by atoms with Gasteiger partial charge < -0.3 is 20.3 Å². The minimum Gasteiger partial charge on any atom is -0.381 e. The van der Waals surface area contributed by atoms with Crippen molar-refractivity contribution in [2.75, 3.05) is 38.3 Å². The second kappa shape index (κ2) is 10.0. The lowest BCUT2D eigenvalue weighted by Crippen LogP contribution is -2.45. The number of para-hydroxylation sites is 1. The Morgan fingerprint density at radius 1 is 1.36 bits per heavy atom. The summed E-state index contributed by atoms with van der Waals surface area (Å²) in [6.45, 7) is 7.28. The Kier molecular flexibility index (Phi) is 7.73. The third-order valence-corrected chi connectivity index (χ3v) is 3.97. The minimum atomic E-state index is 0.0658. The first-order valence-electron chi connectivity index (χ1n) is 9.00. The van der Waals surface area contributed by atoms with Crippen molar-refractivity contribution in [3.63, 3.8) is 0 Å². The molecule has 2 N–H and O–H groups in total. The van der Waals surface area contributed by atoms with Gasteiger partial charge in [-0.3, -0.25) is 9.79 Å². The topological polar surface area (TPSA) is 66.0 Å². The Balaban J connectivity index is 1.72. The monoisotopic (exact) mass is 346 g/mol. The van der Waals surface area contributed by atoms with Crippen molar-refractivity contribution >= 4 is 17.6 Å². The molecule has 25 heavy (non-hydrogen) atoms. The van der Waals surface area contributed by atoms with Gasteiger partial charge in [-0.25, -0.2) is 0 Å². The molecule has 1 unspecified atom stereocenters. The molecule has 1 aliphatic rings. The molecule has 138 valence electrons. The summed E-state index contributed by atoms with van der Waals surface area (Å²) in [4.78, 5) is 18.3. The Morgan fingerprint density at radius 2 is 2.12 bits per heavy atom. The zero-order chi connectivity index (χ0) is 18.1. The van der Waals surface area contributed by atoms with Gasteiger partial charge in [0.25, 0.3) is 0 Å². The van der Waals surface area contributed by atoms with E-state index in [0.717, 1.165) is 37.8 Å². The van der Waals surface area contributed by atoms with Crippen LogP contribution in [-0.4, -0.2) is 51.3 Å². The van der Waals surface area contributed by atoms with Crippen LogP contribution in [0.1, 0.15) is 26.7 Å². The molecule has 1 amide bonds. The number of anilines is 1. The van der Waals surface area contributed by atoms with Gasteiger partial charge in [0.2, 0.25) is 5.91 Å². The van der Waals surface area contributed by atoms with Gasteiger partial charge in [-0.05, 0) is 24.5 Å². The lowest BCUT2D eigenvalue weighted by atomic mass is 10.2. The van der Waals surface area contributed by atoms with E-state index in [4.69, 9.17) is 4.74 Å². The van der Waals surface area contributed by atoms with E-state index >= 15 is 0 Å². The SMILES string of the molecule is CN=C(NCCCOCC(C)C)NC1CC(=O)N(c2ccccc2)C1. The fraction of sp³-hybridized carbons (Fsp3) is 0.579. The number of nitrogens with zero attached hydrogens (tertiary/aromatic N) is 2. The number of carbonyl (C=O) groups excluding carboxylic acids is 1. The molecule has 1 heterocycles. The van der Waals surface area contributed by atoms with Crippen molar-refractivity contribution in [1.29, 1.82) is 0 Å². The van der Waals surface area contributed by atoms with E-state index in [2.05, 4.69) is 29.5 Å². The molecule has 0 radical (unpaired) electrons. The van der Waals surface area contributed by atoms with E-state index in [1.807, 2.05) is 35.2 Å². The number of amides is 1. The Labute approximate surface area is 150 Å². The highest BCUT2D eigenvalue weighted by atomic mass is 16.5. The molecule has 0 aromatic heterocycles. The highest BCUT2D eigenvalue weighted by Gasteiger charge is 2.30. The molecule has 0 spiro atoms. The van der Waals surface area contributed by atoms with Gasteiger partial charge in [-0.15, -0.1) is 0 Å². The number of ether oxygens (including phenoxy) is 1. The lowest BCUT2D eigenvalue weighted by Gasteiger charge is -2.19. The van der Waals surface area contributed by atoms with Crippen LogP contribution in [0, 0.1) is 5.92 Å². The van der Waals surface area contributed by atoms with Crippen molar-refractivity contribution in [3.05, 3.63) is 30.3 Å². The van der Waals surface area contributed by atoms with Gasteiger partial charge in [0, 0.05) is 45.5 Å². The number of carbonyl (C=O) groups is 1. The molecular formula is C19H30N4O2. The van der Waals surface area contributed by atoms with Crippen LogP contribution < -0.4 is 15.5 Å². The van der Waals surface area contributed by atoms with Gasteiger partial charge in [0.15, 0.2) is 5.96 Å². The Bertz CT molecular complexity index is 560. The summed E-state index contributed by atoms with van der Waals surface area (Å²) in [6, 6.07) is 9.85. The maximum absolute atomic E-state index is 12.3. The van der Waals surface area contributed by atoms with E-state index in [1.165, 1.54) is 0 Å². The molecule has 1 saturated heterocycles. The van der Waals surface area contributed by atoms with Crippen molar-refractivity contribution in [2.24, 2.45) is 10.9 Å². The highest BCUT2D eigenvalue weighted by Crippen LogP contribution is 2.20. The Morgan fingerprint density at radius 3 is 2.80 bits per heavy atom. The van der Waals surface area contributed by atoms with Gasteiger partial charge >= 0.3 is 0 Å². The molecule has 6 heteroatoms. The number of benzene rings is 1. The predicted octanol–water partition coefficient (Wildman–Crippen LogP) is 2.02. The molecule has 1 atom stereocenters. The molecule has 0 bridgehead atoms. The van der Waals surface area contributed by atoms with Gasteiger partial charge in [-0.1, -0.05) is 32.0 Å². The quantitative estimate of drug-likeness (QED) is 0.429. The molecular weight excluding hydrogens is 316 g/mol. The third kappa shape index (κ3) is 6.38. The van der Waals surface area contributed by atoms with E-state index in [9.17, 15) is 4.79 Å². The Hall–Kier alpha value is -2.08. The number of nitrogens with one attached hydrogen (secondary N) is 2. The lowest BCUT2D eigenvalue weighted by molar-refractivity contribution is -0.117. The standard InChI is InChI=1S/C19H30N4O2/c1-15(2)14-25-11-7-10-21-19(20-3)22-16-12-18(24)23(13-16)17-8-5-4-6-9-17/h4-6,8-9,15-16H,7,10-14H2,1-3H3,(H2,20,21,22). The second-order valence-corrected chi connectivity index (χ2v) is 6.71. The molecule has 1 aromatic rings. The van der Waals surface area contributed by atoms with Crippen LogP contribution in [0.25, 0.3) is 0 Å². The van der Waals surface area contributed by atoms with Crippen molar-refractivity contribution in [1.82, 2.24) is 10.6 Å². The fourth-order valence-corrected chi connectivity index (χ4v) is 2.75. The smallest absolute Gasteiger partial charge is 0.229 e. The van der Waals surface area contributed by atoms with Crippen LogP contribution in [0.4, 0.5) is 5.69 Å². The summed E-state index contributed by atoms with van der Waals surface area (Å²) in [5.74, 6) is 1.44. The van der Waals surface area contributed by atoms with Crippen LogP contribution in [-0.2, 0) is 9.53 Å². The normalized spacial score (nSPS) is 18.1. The van der Waals surface area contributed by atoms with Crippen LogP contribution >= 0.6 is 0 Å². The second-order valence-electron chi connectivity index (χ2n) is 6.71. The summed E-state index contributed by atoms with van der Waals surface area (Å²) in [6.07, 6.45) is 1.40. The highest BCUT2D eigenvalue weighted by molar-refractivity contribution is 5.97. The largest absolute Gasteiger partial charge is 0.381 e. The fourth-order valence-electron chi connectivity index (χ4n) is 2.75. The van der Waals surface area contributed by atoms with Crippen LogP contribution in [0.5, 0.6) is 0 Å². The zero-order valence-corrected chi connectivity index (χ0v) is 15.5. The van der Waals surface area contributed by atoms with Crippen LogP contribution in [0.15, 0.2) is 35.3 Å². The molecule has 6 nitrogen and oxygen atoms in total.